The van der Waals surface area contributed by atoms with Crippen LogP contribution in [0.2, 0.25) is 0 Å². The molecular formula is C9H11N2O2+. The first kappa shape index (κ1) is 8.04. The van der Waals surface area contributed by atoms with Gasteiger partial charge in [0.1, 0.15) is 4.90 Å². The molecule has 0 radical (unpaired) electrons. The molecule has 1 aromatic carbocycles. The van der Waals surface area contributed by atoms with Crippen LogP contribution in [0.3, 0.4) is 0 Å². The summed E-state index contributed by atoms with van der Waals surface area (Å²) in [6, 6.07) is 5.66. The lowest BCUT2D eigenvalue weighted by Gasteiger charge is -2.00. The van der Waals surface area contributed by atoms with Gasteiger partial charge >= 0.3 is 0 Å². The zero-order chi connectivity index (χ0) is 9.42. The van der Waals surface area contributed by atoms with Crippen LogP contribution < -0.4 is 4.90 Å². The molecule has 0 aliphatic carbocycles. The summed E-state index contributed by atoms with van der Waals surface area (Å²) in [7, 11) is 0. The summed E-state index contributed by atoms with van der Waals surface area (Å²) in [6.07, 6.45) is 0. The Morgan fingerprint density at radius 2 is 2.23 bits per heavy atom. The third kappa shape index (κ3) is 1.24. The minimum atomic E-state index is 0.452. The normalized spacial score (nSPS) is 11.3. The standard InChI is InChI=1S/C9H11N2O2/c1-6(2)7-3-4-9-8(5-7)10-13-11(9)12/h3-6,12H,1-2H3/q+1. The lowest BCUT2D eigenvalue weighted by Crippen LogP contribution is -2.26. The topological polar surface area (TPSA) is 50.1 Å². The van der Waals surface area contributed by atoms with Gasteiger partial charge in [0.25, 0.3) is 11.0 Å². The summed E-state index contributed by atoms with van der Waals surface area (Å²) in [5.74, 6) is 0.452. The maximum atomic E-state index is 9.13. The summed E-state index contributed by atoms with van der Waals surface area (Å²) in [5, 5.41) is 12.8. The molecule has 1 N–H and O–H groups in total. The fourth-order valence-electron chi connectivity index (χ4n) is 1.26. The van der Waals surface area contributed by atoms with Gasteiger partial charge in [0.15, 0.2) is 5.16 Å². The molecule has 0 amide bonds. The molecule has 0 spiro atoms. The minimum Gasteiger partial charge on any atom is -0.316 e. The summed E-state index contributed by atoms with van der Waals surface area (Å²) in [4.78, 5) is 0.666. The largest absolute Gasteiger partial charge is 0.316 e. The Morgan fingerprint density at radius 1 is 1.46 bits per heavy atom. The molecule has 2 rings (SSSR count). The van der Waals surface area contributed by atoms with Gasteiger partial charge in [-0.15, -0.1) is 0 Å². The molecule has 0 saturated heterocycles. The summed E-state index contributed by atoms with van der Waals surface area (Å²) >= 11 is 0. The quantitative estimate of drug-likeness (QED) is 0.674. The van der Waals surface area contributed by atoms with E-state index in [1.807, 2.05) is 12.1 Å². The first-order chi connectivity index (χ1) is 6.18. The molecule has 1 heterocycles. The number of benzene rings is 1. The van der Waals surface area contributed by atoms with Gasteiger partial charge in [-0.3, -0.25) is 0 Å². The van der Waals surface area contributed by atoms with Gasteiger partial charge in [-0.2, -0.15) is 0 Å². The Bertz CT molecular complexity index is 434. The second-order valence-electron chi connectivity index (χ2n) is 3.35. The second-order valence-corrected chi connectivity index (χ2v) is 3.35. The van der Waals surface area contributed by atoms with Crippen molar-refractivity contribution in [2.75, 3.05) is 0 Å². The SMILES string of the molecule is CC(C)c1ccc2c(c1)no[n+]2O. The average Bonchev–Trinajstić information content (AvgIpc) is 2.47. The highest BCUT2D eigenvalue weighted by Gasteiger charge is 2.15. The molecular weight excluding hydrogens is 168 g/mol. The first-order valence-corrected chi connectivity index (χ1v) is 4.19. The van der Waals surface area contributed by atoms with Crippen LogP contribution in [0.4, 0.5) is 0 Å². The van der Waals surface area contributed by atoms with E-state index in [0.717, 1.165) is 0 Å². The number of fused-ring (bicyclic) bond motifs is 1. The van der Waals surface area contributed by atoms with Crippen LogP contribution in [0, 0.1) is 0 Å². The van der Waals surface area contributed by atoms with E-state index in [9.17, 15) is 0 Å². The fourth-order valence-corrected chi connectivity index (χ4v) is 1.26. The van der Waals surface area contributed by atoms with E-state index in [1.54, 1.807) is 6.07 Å². The van der Waals surface area contributed by atoms with E-state index >= 15 is 0 Å². The van der Waals surface area contributed by atoms with Crippen LogP contribution in [-0.4, -0.2) is 10.4 Å². The van der Waals surface area contributed by atoms with E-state index in [4.69, 9.17) is 5.21 Å². The second kappa shape index (κ2) is 2.73. The van der Waals surface area contributed by atoms with Gasteiger partial charge in [-0.25, -0.2) is 0 Å². The Morgan fingerprint density at radius 3 is 2.92 bits per heavy atom. The highest BCUT2D eigenvalue weighted by Crippen LogP contribution is 2.17. The highest BCUT2D eigenvalue weighted by molar-refractivity contribution is 5.70. The average molecular weight is 179 g/mol. The summed E-state index contributed by atoms with van der Waals surface area (Å²) in [6.45, 7) is 4.21. The smallest absolute Gasteiger partial charge is 0.278 e. The van der Waals surface area contributed by atoms with E-state index in [-0.39, 0.29) is 0 Å². The van der Waals surface area contributed by atoms with Gasteiger partial charge < -0.3 is 5.21 Å². The lowest BCUT2D eigenvalue weighted by molar-refractivity contribution is -1.02. The monoisotopic (exact) mass is 179 g/mol. The van der Waals surface area contributed by atoms with Crippen molar-refractivity contribution in [1.29, 1.82) is 0 Å². The summed E-state index contributed by atoms with van der Waals surface area (Å²) < 4.78 is 4.57. The molecule has 0 fully saturated rings. The fraction of sp³-hybridized carbons (Fsp3) is 0.333. The first-order valence-electron chi connectivity index (χ1n) is 4.19. The predicted molar refractivity (Wildman–Crippen MR) is 45.5 cm³/mol. The van der Waals surface area contributed by atoms with Crippen LogP contribution in [0.25, 0.3) is 11.0 Å². The van der Waals surface area contributed by atoms with E-state index in [2.05, 4.69) is 23.6 Å². The Labute approximate surface area is 75.3 Å². The van der Waals surface area contributed by atoms with Crippen LogP contribution in [0.1, 0.15) is 25.3 Å². The van der Waals surface area contributed by atoms with Crippen molar-refractivity contribution in [3.63, 3.8) is 0 Å². The van der Waals surface area contributed by atoms with E-state index < -0.39 is 0 Å². The van der Waals surface area contributed by atoms with E-state index in [1.165, 1.54) is 5.56 Å². The number of hydrogen-bond donors (Lipinski definition) is 1. The third-order valence-corrected chi connectivity index (χ3v) is 2.09. The highest BCUT2D eigenvalue weighted by atomic mass is 16.8. The Hall–Kier alpha value is -1.58. The van der Waals surface area contributed by atoms with Gasteiger partial charge in [-0.1, -0.05) is 19.9 Å². The molecule has 0 aliphatic rings. The third-order valence-electron chi connectivity index (χ3n) is 2.09. The molecule has 0 saturated carbocycles. The van der Waals surface area contributed by atoms with Crippen molar-refractivity contribution in [2.24, 2.45) is 0 Å². The van der Waals surface area contributed by atoms with Gasteiger partial charge in [0.2, 0.25) is 0 Å². The molecule has 68 valence electrons. The van der Waals surface area contributed by atoms with Gasteiger partial charge in [0, 0.05) is 6.07 Å². The molecule has 2 aromatic rings. The van der Waals surface area contributed by atoms with Gasteiger partial charge in [-0.05, 0) is 22.2 Å². The molecule has 4 nitrogen and oxygen atoms in total. The minimum absolute atomic E-state index is 0.452. The maximum absolute atomic E-state index is 9.13. The van der Waals surface area contributed by atoms with Crippen LogP contribution >= 0.6 is 0 Å². The molecule has 13 heavy (non-hydrogen) atoms. The maximum Gasteiger partial charge on any atom is 0.278 e. The number of hydrogen-bond acceptors (Lipinski definition) is 3. The van der Waals surface area contributed by atoms with Gasteiger partial charge in [0.05, 0.1) is 0 Å². The molecule has 0 atom stereocenters. The molecule has 0 bridgehead atoms. The van der Waals surface area contributed by atoms with Crippen molar-refractivity contribution in [1.82, 2.24) is 5.16 Å². The van der Waals surface area contributed by atoms with Crippen LogP contribution in [0.5, 0.6) is 0 Å². The van der Waals surface area contributed by atoms with Crippen molar-refractivity contribution in [3.05, 3.63) is 23.8 Å². The zero-order valence-electron chi connectivity index (χ0n) is 7.56. The van der Waals surface area contributed by atoms with Crippen molar-refractivity contribution < 1.29 is 14.7 Å². The Kier molecular flexibility index (Phi) is 1.69. The summed E-state index contributed by atoms with van der Waals surface area (Å²) in [5.41, 5.74) is 2.44. The molecule has 4 heteroatoms. The zero-order valence-corrected chi connectivity index (χ0v) is 7.56. The molecule has 1 aromatic heterocycles. The van der Waals surface area contributed by atoms with Crippen LogP contribution in [0.15, 0.2) is 22.8 Å². The van der Waals surface area contributed by atoms with Crippen molar-refractivity contribution in [3.8, 4) is 0 Å². The number of aromatic nitrogens is 2. The van der Waals surface area contributed by atoms with E-state index in [0.29, 0.717) is 21.9 Å². The lowest BCUT2D eigenvalue weighted by atomic mass is 10.0. The molecule has 0 aliphatic heterocycles. The van der Waals surface area contributed by atoms with Crippen LogP contribution in [-0.2, 0) is 0 Å². The predicted octanol–water partition coefficient (Wildman–Crippen LogP) is 1.48. The number of rotatable bonds is 1. The van der Waals surface area contributed by atoms with Crippen molar-refractivity contribution >= 4 is 11.0 Å². The Balaban J connectivity index is 2.63. The molecule has 0 unspecified atom stereocenters. The number of nitrogens with zero attached hydrogens (tertiary/aromatic N) is 2. The van der Waals surface area contributed by atoms with Crippen molar-refractivity contribution in [2.45, 2.75) is 19.8 Å².